The van der Waals surface area contributed by atoms with Crippen molar-refractivity contribution >= 4 is 10.1 Å². The Morgan fingerprint density at radius 3 is 1.40 bits per heavy atom. The predicted molar refractivity (Wildman–Crippen MR) is 103 cm³/mol. The zero-order chi connectivity index (χ0) is 18.3. The normalized spacial score (nSPS) is 11.8. The standard InChI is InChI=1S/C21H28O3S/c1-3-5-7-17-9-13-19(14-10-17)21(25(22,23)24)20-15-11-18(12-16-20)8-6-4-2/h9-16,21H,3-8H2,1-2H3,(H,22,23,24). The molecule has 0 heterocycles. The van der Waals surface area contributed by atoms with Crippen LogP contribution in [-0.4, -0.2) is 13.0 Å². The van der Waals surface area contributed by atoms with Gasteiger partial charge in [-0.05, 0) is 47.9 Å². The zero-order valence-corrected chi connectivity index (χ0v) is 15.9. The van der Waals surface area contributed by atoms with Gasteiger partial charge in [0.25, 0.3) is 10.1 Å². The second kappa shape index (κ2) is 9.16. The lowest BCUT2D eigenvalue weighted by molar-refractivity contribution is 0.475. The van der Waals surface area contributed by atoms with Gasteiger partial charge < -0.3 is 0 Å². The third kappa shape index (κ3) is 5.68. The van der Waals surface area contributed by atoms with Crippen molar-refractivity contribution in [3.63, 3.8) is 0 Å². The molecule has 0 atom stereocenters. The van der Waals surface area contributed by atoms with E-state index in [4.69, 9.17) is 0 Å². The molecule has 0 aliphatic carbocycles. The Labute approximate surface area is 151 Å². The summed E-state index contributed by atoms with van der Waals surface area (Å²) in [5.74, 6) is 0. The van der Waals surface area contributed by atoms with E-state index < -0.39 is 15.4 Å². The zero-order valence-electron chi connectivity index (χ0n) is 15.1. The van der Waals surface area contributed by atoms with E-state index in [0.29, 0.717) is 11.1 Å². The summed E-state index contributed by atoms with van der Waals surface area (Å²) >= 11 is 0. The first-order valence-electron chi connectivity index (χ1n) is 9.09. The largest absolute Gasteiger partial charge is 0.285 e. The molecule has 4 heteroatoms. The summed E-state index contributed by atoms with van der Waals surface area (Å²) in [6.07, 6.45) is 6.44. The summed E-state index contributed by atoms with van der Waals surface area (Å²) in [4.78, 5) is 0. The summed E-state index contributed by atoms with van der Waals surface area (Å²) in [6.45, 7) is 4.29. The van der Waals surface area contributed by atoms with E-state index in [-0.39, 0.29) is 0 Å². The van der Waals surface area contributed by atoms with Gasteiger partial charge in [-0.25, -0.2) is 0 Å². The third-order valence-electron chi connectivity index (χ3n) is 4.50. The minimum absolute atomic E-state index is 0.601. The van der Waals surface area contributed by atoms with Gasteiger partial charge in [-0.1, -0.05) is 75.2 Å². The fraction of sp³-hybridized carbons (Fsp3) is 0.429. The summed E-state index contributed by atoms with van der Waals surface area (Å²) in [5, 5.41) is -1.03. The molecule has 0 aromatic heterocycles. The number of hydrogen-bond acceptors (Lipinski definition) is 2. The quantitative estimate of drug-likeness (QED) is 0.613. The number of unbranched alkanes of at least 4 members (excludes halogenated alkanes) is 2. The first-order valence-corrected chi connectivity index (χ1v) is 10.6. The van der Waals surface area contributed by atoms with Crippen molar-refractivity contribution in [3.05, 3.63) is 70.8 Å². The van der Waals surface area contributed by atoms with Gasteiger partial charge in [-0.2, -0.15) is 8.42 Å². The molecule has 0 saturated carbocycles. The van der Waals surface area contributed by atoms with Crippen LogP contribution < -0.4 is 0 Å². The molecule has 2 aromatic carbocycles. The molecule has 0 spiro atoms. The van der Waals surface area contributed by atoms with Gasteiger partial charge in [-0.15, -0.1) is 0 Å². The third-order valence-corrected chi connectivity index (χ3v) is 5.64. The lowest BCUT2D eigenvalue weighted by atomic mass is 9.99. The van der Waals surface area contributed by atoms with Gasteiger partial charge in [0.1, 0.15) is 5.25 Å². The fourth-order valence-corrected chi connectivity index (χ4v) is 4.02. The van der Waals surface area contributed by atoms with E-state index >= 15 is 0 Å². The number of hydrogen-bond donors (Lipinski definition) is 1. The van der Waals surface area contributed by atoms with Crippen molar-refractivity contribution in [2.24, 2.45) is 0 Å². The van der Waals surface area contributed by atoms with Crippen LogP contribution in [0.4, 0.5) is 0 Å². The number of benzene rings is 2. The maximum Gasteiger partial charge on any atom is 0.276 e. The Bertz CT molecular complexity index is 695. The summed E-state index contributed by atoms with van der Waals surface area (Å²) in [6, 6.07) is 15.1. The molecule has 0 aliphatic heterocycles. The first kappa shape index (κ1) is 19.7. The van der Waals surface area contributed by atoms with Crippen molar-refractivity contribution in [1.29, 1.82) is 0 Å². The molecule has 0 radical (unpaired) electrons. The molecule has 0 bridgehead atoms. The van der Waals surface area contributed by atoms with Crippen LogP contribution in [0.15, 0.2) is 48.5 Å². The second-order valence-electron chi connectivity index (χ2n) is 6.59. The fourth-order valence-electron chi connectivity index (χ4n) is 3.02. The van der Waals surface area contributed by atoms with Crippen LogP contribution in [0.3, 0.4) is 0 Å². The Morgan fingerprint density at radius 1 is 0.760 bits per heavy atom. The van der Waals surface area contributed by atoms with Gasteiger partial charge in [0.05, 0.1) is 0 Å². The molecule has 1 N–H and O–H groups in total. The Hall–Kier alpha value is -1.65. The molecule has 25 heavy (non-hydrogen) atoms. The molecular formula is C21H28O3S. The van der Waals surface area contributed by atoms with E-state index in [1.54, 1.807) is 0 Å². The van der Waals surface area contributed by atoms with E-state index in [9.17, 15) is 13.0 Å². The van der Waals surface area contributed by atoms with Crippen LogP contribution in [0.1, 0.15) is 67.0 Å². The molecular weight excluding hydrogens is 332 g/mol. The molecule has 0 unspecified atom stereocenters. The summed E-state index contributed by atoms with van der Waals surface area (Å²) in [7, 11) is -4.23. The van der Waals surface area contributed by atoms with Gasteiger partial charge in [0.15, 0.2) is 0 Å². The van der Waals surface area contributed by atoms with Crippen LogP contribution in [0.5, 0.6) is 0 Å². The highest BCUT2D eigenvalue weighted by molar-refractivity contribution is 7.86. The molecule has 3 nitrogen and oxygen atoms in total. The van der Waals surface area contributed by atoms with Crippen LogP contribution >= 0.6 is 0 Å². The summed E-state index contributed by atoms with van der Waals surface area (Å²) in [5.41, 5.74) is 3.58. The van der Waals surface area contributed by atoms with Crippen molar-refractivity contribution in [2.75, 3.05) is 0 Å². The second-order valence-corrected chi connectivity index (χ2v) is 8.09. The van der Waals surface area contributed by atoms with Crippen molar-refractivity contribution in [3.8, 4) is 0 Å². The van der Waals surface area contributed by atoms with Crippen molar-refractivity contribution in [2.45, 2.75) is 57.6 Å². The van der Waals surface area contributed by atoms with Gasteiger partial charge >= 0.3 is 0 Å². The lowest BCUT2D eigenvalue weighted by Crippen LogP contribution is -2.13. The summed E-state index contributed by atoms with van der Waals surface area (Å²) < 4.78 is 33.8. The Balaban J connectivity index is 2.27. The van der Waals surface area contributed by atoms with Crippen LogP contribution in [0.2, 0.25) is 0 Å². The minimum atomic E-state index is -4.23. The minimum Gasteiger partial charge on any atom is -0.285 e. The lowest BCUT2D eigenvalue weighted by Gasteiger charge is -2.16. The van der Waals surface area contributed by atoms with Crippen LogP contribution in [0, 0.1) is 0 Å². The molecule has 2 rings (SSSR count). The molecule has 0 aliphatic rings. The van der Waals surface area contributed by atoms with Crippen molar-refractivity contribution in [1.82, 2.24) is 0 Å². The average molecular weight is 361 g/mol. The molecule has 2 aromatic rings. The highest BCUT2D eigenvalue weighted by atomic mass is 32.2. The highest BCUT2D eigenvalue weighted by Gasteiger charge is 2.27. The topological polar surface area (TPSA) is 54.4 Å². The van der Waals surface area contributed by atoms with E-state index in [2.05, 4.69) is 13.8 Å². The Kier molecular flexibility index (Phi) is 7.21. The molecule has 0 fully saturated rings. The van der Waals surface area contributed by atoms with Crippen LogP contribution in [0.25, 0.3) is 0 Å². The average Bonchev–Trinajstić information content (AvgIpc) is 2.59. The van der Waals surface area contributed by atoms with Crippen molar-refractivity contribution < 1.29 is 13.0 Å². The molecule has 136 valence electrons. The first-order chi connectivity index (χ1) is 12.0. The molecule has 0 amide bonds. The molecule has 0 saturated heterocycles. The van der Waals surface area contributed by atoms with Gasteiger partial charge in [0, 0.05) is 0 Å². The monoisotopic (exact) mass is 360 g/mol. The van der Waals surface area contributed by atoms with Gasteiger partial charge in [-0.3, -0.25) is 4.55 Å². The van der Waals surface area contributed by atoms with Crippen LogP contribution in [-0.2, 0) is 23.0 Å². The van der Waals surface area contributed by atoms with E-state index in [1.807, 2.05) is 48.5 Å². The number of aryl methyl sites for hydroxylation is 2. The smallest absolute Gasteiger partial charge is 0.276 e. The van der Waals surface area contributed by atoms with Gasteiger partial charge in [0.2, 0.25) is 0 Å². The highest BCUT2D eigenvalue weighted by Crippen LogP contribution is 2.30. The maximum atomic E-state index is 12.0. The Morgan fingerprint density at radius 2 is 1.12 bits per heavy atom. The predicted octanol–water partition coefficient (Wildman–Crippen LogP) is 5.35. The van der Waals surface area contributed by atoms with E-state index in [0.717, 1.165) is 38.5 Å². The maximum absolute atomic E-state index is 12.0. The van der Waals surface area contributed by atoms with E-state index in [1.165, 1.54) is 11.1 Å². The SMILES string of the molecule is CCCCc1ccc(C(c2ccc(CCCC)cc2)S(=O)(=O)O)cc1. The number of rotatable bonds is 9.